The molecule has 1 aromatic heterocycles. The third kappa shape index (κ3) is 2.72. The fourth-order valence-corrected chi connectivity index (χ4v) is 1.75. The molecule has 0 amide bonds. The number of aliphatic carboxylic acids is 1. The maximum absolute atomic E-state index is 10.6. The summed E-state index contributed by atoms with van der Waals surface area (Å²) in [6.45, 7) is 2.46. The van der Waals surface area contributed by atoms with Crippen molar-refractivity contribution in [3.8, 4) is 11.4 Å². The summed E-state index contributed by atoms with van der Waals surface area (Å²) in [5, 5.41) is 8.68. The first-order valence-corrected chi connectivity index (χ1v) is 5.47. The Labute approximate surface area is 99.5 Å². The van der Waals surface area contributed by atoms with Crippen LogP contribution in [0.1, 0.15) is 12.0 Å². The number of carboxylic acids is 1. The second-order valence-corrected chi connectivity index (χ2v) is 3.96. The zero-order valence-electron chi connectivity index (χ0n) is 9.63. The summed E-state index contributed by atoms with van der Waals surface area (Å²) < 4.78 is 1.86. The molecule has 0 spiro atoms. The van der Waals surface area contributed by atoms with Gasteiger partial charge in [-0.3, -0.25) is 4.79 Å². The first-order valence-electron chi connectivity index (χ1n) is 5.47. The molecule has 1 heterocycles. The molecule has 0 aliphatic carbocycles. The van der Waals surface area contributed by atoms with Crippen molar-refractivity contribution in [3.05, 3.63) is 42.2 Å². The number of carboxylic acid groups (broad SMARTS) is 1. The molecule has 4 nitrogen and oxygen atoms in total. The third-order valence-corrected chi connectivity index (χ3v) is 2.56. The van der Waals surface area contributed by atoms with E-state index in [0.29, 0.717) is 6.54 Å². The summed E-state index contributed by atoms with van der Waals surface area (Å²) in [6.07, 6.45) is 3.61. The van der Waals surface area contributed by atoms with Gasteiger partial charge < -0.3 is 9.67 Å². The summed E-state index contributed by atoms with van der Waals surface area (Å²) in [7, 11) is 0. The molecule has 2 aromatic rings. The Morgan fingerprint density at radius 2 is 2.29 bits per heavy atom. The van der Waals surface area contributed by atoms with Crippen LogP contribution in [0.15, 0.2) is 36.7 Å². The first-order chi connectivity index (χ1) is 8.16. The van der Waals surface area contributed by atoms with Gasteiger partial charge in [-0.2, -0.15) is 0 Å². The van der Waals surface area contributed by atoms with E-state index < -0.39 is 5.97 Å². The van der Waals surface area contributed by atoms with Gasteiger partial charge in [0.1, 0.15) is 5.82 Å². The quantitative estimate of drug-likeness (QED) is 0.877. The minimum atomic E-state index is -0.797. The van der Waals surface area contributed by atoms with Crippen LogP contribution in [0.2, 0.25) is 0 Å². The van der Waals surface area contributed by atoms with Gasteiger partial charge in [0.25, 0.3) is 0 Å². The molecule has 0 atom stereocenters. The molecule has 88 valence electrons. The summed E-state index contributed by atoms with van der Waals surface area (Å²) in [5.74, 6) is 0.0174. The van der Waals surface area contributed by atoms with Crippen molar-refractivity contribution in [1.82, 2.24) is 9.55 Å². The van der Waals surface area contributed by atoms with E-state index in [2.05, 4.69) is 4.98 Å². The Balaban J connectivity index is 2.27. The maximum atomic E-state index is 10.6. The van der Waals surface area contributed by atoms with E-state index in [9.17, 15) is 4.79 Å². The van der Waals surface area contributed by atoms with Gasteiger partial charge in [-0.15, -0.1) is 0 Å². The highest BCUT2D eigenvalue weighted by Crippen LogP contribution is 2.18. The maximum Gasteiger partial charge on any atom is 0.305 e. The normalized spacial score (nSPS) is 10.4. The second-order valence-electron chi connectivity index (χ2n) is 3.96. The number of rotatable bonds is 4. The van der Waals surface area contributed by atoms with Crippen LogP contribution in [-0.4, -0.2) is 20.6 Å². The highest BCUT2D eigenvalue weighted by Gasteiger charge is 2.07. The molecule has 17 heavy (non-hydrogen) atoms. The van der Waals surface area contributed by atoms with Gasteiger partial charge >= 0.3 is 5.97 Å². The molecule has 0 unspecified atom stereocenters. The molecule has 0 aliphatic rings. The fraction of sp³-hybridized carbons (Fsp3) is 0.231. The Hall–Kier alpha value is -2.10. The molecule has 0 saturated carbocycles. The molecular weight excluding hydrogens is 216 g/mol. The smallest absolute Gasteiger partial charge is 0.305 e. The van der Waals surface area contributed by atoms with E-state index in [4.69, 9.17) is 5.11 Å². The number of aromatic nitrogens is 2. The van der Waals surface area contributed by atoms with Gasteiger partial charge in [-0.25, -0.2) is 4.98 Å². The summed E-state index contributed by atoms with van der Waals surface area (Å²) >= 11 is 0. The molecule has 0 radical (unpaired) electrons. The molecule has 0 saturated heterocycles. The number of hydrogen-bond acceptors (Lipinski definition) is 2. The number of benzene rings is 1. The predicted octanol–water partition coefficient (Wildman–Crippen LogP) is 2.33. The first kappa shape index (κ1) is 11.4. The molecule has 0 bridgehead atoms. The number of hydrogen-bond donors (Lipinski definition) is 1. The minimum absolute atomic E-state index is 0.106. The molecular formula is C13H14N2O2. The summed E-state index contributed by atoms with van der Waals surface area (Å²) in [6, 6.07) is 8.01. The number of nitrogens with zero attached hydrogens (tertiary/aromatic N) is 2. The van der Waals surface area contributed by atoms with Gasteiger partial charge in [0.15, 0.2) is 0 Å². The van der Waals surface area contributed by atoms with Crippen molar-refractivity contribution in [2.24, 2.45) is 0 Å². The Morgan fingerprint density at radius 1 is 1.47 bits per heavy atom. The van der Waals surface area contributed by atoms with Crippen molar-refractivity contribution in [2.75, 3.05) is 0 Å². The van der Waals surface area contributed by atoms with Crippen LogP contribution in [-0.2, 0) is 11.3 Å². The fourth-order valence-electron chi connectivity index (χ4n) is 1.75. The predicted molar refractivity (Wildman–Crippen MR) is 64.7 cm³/mol. The molecule has 4 heteroatoms. The van der Waals surface area contributed by atoms with Crippen molar-refractivity contribution < 1.29 is 9.90 Å². The van der Waals surface area contributed by atoms with Gasteiger partial charge in [0.05, 0.1) is 6.42 Å². The van der Waals surface area contributed by atoms with Crippen molar-refractivity contribution in [2.45, 2.75) is 19.9 Å². The molecule has 0 aliphatic heterocycles. The highest BCUT2D eigenvalue weighted by atomic mass is 16.4. The Kier molecular flexibility index (Phi) is 3.23. The zero-order chi connectivity index (χ0) is 12.3. The molecule has 1 N–H and O–H groups in total. The van der Waals surface area contributed by atoms with Crippen LogP contribution in [0.5, 0.6) is 0 Å². The van der Waals surface area contributed by atoms with E-state index in [-0.39, 0.29) is 6.42 Å². The van der Waals surface area contributed by atoms with E-state index in [1.807, 2.05) is 35.8 Å². The summed E-state index contributed by atoms with van der Waals surface area (Å²) in [5.41, 5.74) is 2.18. The number of carbonyl (C=O) groups is 1. The Bertz CT molecular complexity index is 532. The topological polar surface area (TPSA) is 55.1 Å². The monoisotopic (exact) mass is 230 g/mol. The van der Waals surface area contributed by atoms with Gasteiger partial charge in [-0.05, 0) is 13.0 Å². The van der Waals surface area contributed by atoms with Crippen LogP contribution in [0, 0.1) is 6.92 Å². The Morgan fingerprint density at radius 3 is 3.00 bits per heavy atom. The second kappa shape index (κ2) is 4.82. The highest BCUT2D eigenvalue weighted by molar-refractivity contribution is 5.66. The lowest BCUT2D eigenvalue weighted by Crippen LogP contribution is -2.05. The van der Waals surface area contributed by atoms with Crippen LogP contribution in [0.4, 0.5) is 0 Å². The van der Waals surface area contributed by atoms with E-state index >= 15 is 0 Å². The standard InChI is InChI=1S/C13H14N2O2/c1-10-3-2-4-11(9-10)13-14-6-8-15(13)7-5-12(16)17/h2-4,6,8-9H,5,7H2,1H3,(H,16,17). The lowest BCUT2D eigenvalue weighted by molar-refractivity contribution is -0.137. The largest absolute Gasteiger partial charge is 0.481 e. The van der Waals surface area contributed by atoms with E-state index in [0.717, 1.165) is 17.0 Å². The summed E-state index contributed by atoms with van der Waals surface area (Å²) in [4.78, 5) is 14.8. The average molecular weight is 230 g/mol. The van der Waals surface area contributed by atoms with Crippen LogP contribution >= 0.6 is 0 Å². The van der Waals surface area contributed by atoms with Crippen LogP contribution in [0.25, 0.3) is 11.4 Å². The number of imidazole rings is 1. The lowest BCUT2D eigenvalue weighted by Gasteiger charge is -2.06. The van der Waals surface area contributed by atoms with Crippen molar-refractivity contribution in [3.63, 3.8) is 0 Å². The zero-order valence-corrected chi connectivity index (χ0v) is 9.63. The van der Waals surface area contributed by atoms with Gasteiger partial charge in [0.2, 0.25) is 0 Å². The molecule has 2 rings (SSSR count). The van der Waals surface area contributed by atoms with Crippen molar-refractivity contribution >= 4 is 5.97 Å². The number of aryl methyl sites for hydroxylation is 2. The minimum Gasteiger partial charge on any atom is -0.481 e. The van der Waals surface area contributed by atoms with E-state index in [1.54, 1.807) is 12.4 Å². The van der Waals surface area contributed by atoms with E-state index in [1.165, 1.54) is 0 Å². The van der Waals surface area contributed by atoms with Gasteiger partial charge in [-0.1, -0.05) is 23.8 Å². The molecule has 1 aromatic carbocycles. The SMILES string of the molecule is Cc1cccc(-c2nccn2CCC(=O)O)c1. The third-order valence-electron chi connectivity index (χ3n) is 2.56. The van der Waals surface area contributed by atoms with Crippen molar-refractivity contribution in [1.29, 1.82) is 0 Å². The van der Waals surface area contributed by atoms with Crippen LogP contribution < -0.4 is 0 Å². The van der Waals surface area contributed by atoms with Gasteiger partial charge in [0, 0.05) is 24.5 Å². The lowest BCUT2D eigenvalue weighted by atomic mass is 10.1. The average Bonchev–Trinajstić information content (AvgIpc) is 2.74. The molecule has 0 fully saturated rings. The van der Waals surface area contributed by atoms with Crippen LogP contribution in [0.3, 0.4) is 0 Å².